The number of benzene rings is 1. The highest BCUT2D eigenvalue weighted by Crippen LogP contribution is 2.37. The fourth-order valence-electron chi connectivity index (χ4n) is 4.27. The lowest BCUT2D eigenvalue weighted by Crippen LogP contribution is -2.51. The van der Waals surface area contributed by atoms with Gasteiger partial charge >= 0.3 is 0 Å². The van der Waals surface area contributed by atoms with Crippen molar-refractivity contribution in [2.75, 3.05) is 33.8 Å². The van der Waals surface area contributed by atoms with Gasteiger partial charge in [0.05, 0.1) is 19.1 Å². The van der Waals surface area contributed by atoms with Gasteiger partial charge in [-0.1, -0.05) is 12.1 Å². The van der Waals surface area contributed by atoms with Gasteiger partial charge in [0.15, 0.2) is 0 Å². The average Bonchev–Trinajstić information content (AvgIpc) is 2.69. The zero-order valence-corrected chi connectivity index (χ0v) is 16.6. The van der Waals surface area contributed by atoms with E-state index in [1.807, 2.05) is 36.1 Å². The zero-order valence-electron chi connectivity index (χ0n) is 16.6. The van der Waals surface area contributed by atoms with Crippen molar-refractivity contribution in [1.29, 1.82) is 0 Å². The molecular formula is C21H31N3O3. The van der Waals surface area contributed by atoms with Crippen LogP contribution in [0.15, 0.2) is 24.3 Å². The Morgan fingerprint density at radius 2 is 1.85 bits per heavy atom. The first kappa shape index (κ1) is 19.7. The second-order valence-corrected chi connectivity index (χ2v) is 7.63. The molecule has 2 aliphatic heterocycles. The van der Waals surface area contributed by atoms with Crippen molar-refractivity contribution < 1.29 is 14.3 Å². The molecule has 148 valence electrons. The van der Waals surface area contributed by atoms with E-state index in [4.69, 9.17) is 4.74 Å². The highest BCUT2D eigenvalue weighted by atomic mass is 16.5. The molecule has 2 heterocycles. The number of carbonyl (C=O) groups excluding carboxylic acids is 2. The van der Waals surface area contributed by atoms with E-state index in [9.17, 15) is 9.59 Å². The fourth-order valence-corrected chi connectivity index (χ4v) is 4.27. The molecule has 2 aliphatic rings. The van der Waals surface area contributed by atoms with Gasteiger partial charge in [-0.3, -0.25) is 9.59 Å². The molecule has 2 fully saturated rings. The highest BCUT2D eigenvalue weighted by molar-refractivity contribution is 5.85. The average molecular weight is 373 g/mol. The standard InChI is InChI=1S/C21H31N3O3/c1-4-24-19(25)10-9-18(20(24)15-5-7-17(27-3)8-6-15)21(26)22-16-11-13-23(2)14-12-16/h5-8,16,18,20H,4,9-14H2,1-3H3,(H,22,26)/t18-,20+/m1/s1. The van der Waals surface area contributed by atoms with Crippen molar-refractivity contribution in [3.63, 3.8) is 0 Å². The molecule has 2 amide bonds. The van der Waals surface area contributed by atoms with Crippen LogP contribution in [0.3, 0.4) is 0 Å². The SMILES string of the molecule is CCN1C(=O)CC[C@@H](C(=O)NC2CCN(C)CC2)[C@@H]1c1ccc(OC)cc1. The van der Waals surface area contributed by atoms with E-state index in [-0.39, 0.29) is 29.8 Å². The number of carbonyl (C=O) groups is 2. The molecule has 0 bridgehead atoms. The number of rotatable bonds is 5. The lowest BCUT2D eigenvalue weighted by Gasteiger charge is -2.41. The van der Waals surface area contributed by atoms with Crippen molar-refractivity contribution in [2.45, 2.75) is 44.7 Å². The Balaban J connectivity index is 1.79. The van der Waals surface area contributed by atoms with Crippen molar-refractivity contribution in [2.24, 2.45) is 5.92 Å². The van der Waals surface area contributed by atoms with Crippen molar-refractivity contribution >= 4 is 11.8 Å². The summed E-state index contributed by atoms with van der Waals surface area (Å²) in [5, 5.41) is 3.26. The minimum absolute atomic E-state index is 0.0799. The zero-order chi connectivity index (χ0) is 19.4. The van der Waals surface area contributed by atoms with Crippen LogP contribution in [-0.2, 0) is 9.59 Å². The summed E-state index contributed by atoms with van der Waals surface area (Å²) in [4.78, 5) is 29.8. The number of nitrogens with zero attached hydrogens (tertiary/aromatic N) is 2. The molecular weight excluding hydrogens is 342 g/mol. The summed E-state index contributed by atoms with van der Waals surface area (Å²) in [5.74, 6) is 0.768. The molecule has 6 heteroatoms. The van der Waals surface area contributed by atoms with Crippen LogP contribution in [-0.4, -0.2) is 61.4 Å². The number of amides is 2. The molecule has 0 unspecified atom stereocenters. The van der Waals surface area contributed by atoms with Gasteiger partial charge in [-0.25, -0.2) is 0 Å². The molecule has 1 aromatic rings. The summed E-state index contributed by atoms with van der Waals surface area (Å²) in [5.41, 5.74) is 0.995. The molecule has 1 aromatic carbocycles. The number of hydrogen-bond donors (Lipinski definition) is 1. The van der Waals surface area contributed by atoms with Crippen LogP contribution in [0.2, 0.25) is 0 Å². The third-order valence-corrected chi connectivity index (χ3v) is 5.91. The van der Waals surface area contributed by atoms with E-state index in [1.165, 1.54) is 0 Å². The molecule has 6 nitrogen and oxygen atoms in total. The monoisotopic (exact) mass is 373 g/mol. The minimum Gasteiger partial charge on any atom is -0.497 e. The predicted octanol–water partition coefficient (Wildman–Crippen LogP) is 2.21. The third kappa shape index (κ3) is 4.43. The number of nitrogens with one attached hydrogen (secondary N) is 1. The topological polar surface area (TPSA) is 61.9 Å². The normalized spacial score (nSPS) is 24.7. The van der Waals surface area contributed by atoms with Crippen LogP contribution in [0, 0.1) is 5.92 Å². The maximum atomic E-state index is 13.1. The number of ether oxygens (including phenoxy) is 1. The highest BCUT2D eigenvalue weighted by Gasteiger charge is 2.40. The number of piperidine rings is 2. The number of likely N-dealkylation sites (tertiary alicyclic amines) is 2. The van der Waals surface area contributed by atoms with Crippen LogP contribution in [0.5, 0.6) is 5.75 Å². The first-order valence-electron chi connectivity index (χ1n) is 9.95. The maximum Gasteiger partial charge on any atom is 0.225 e. The molecule has 2 saturated heterocycles. The van der Waals surface area contributed by atoms with Crippen LogP contribution in [0.25, 0.3) is 0 Å². The molecule has 0 saturated carbocycles. The van der Waals surface area contributed by atoms with Gasteiger partial charge in [0.2, 0.25) is 11.8 Å². The molecule has 2 atom stereocenters. The maximum absolute atomic E-state index is 13.1. The molecule has 3 rings (SSSR count). The lowest BCUT2D eigenvalue weighted by molar-refractivity contribution is -0.143. The fraction of sp³-hybridized carbons (Fsp3) is 0.619. The van der Waals surface area contributed by atoms with Crippen molar-refractivity contribution in [3.05, 3.63) is 29.8 Å². The molecule has 1 N–H and O–H groups in total. The quantitative estimate of drug-likeness (QED) is 0.860. The first-order valence-corrected chi connectivity index (χ1v) is 9.95. The Hall–Kier alpha value is -2.08. The smallest absolute Gasteiger partial charge is 0.225 e. The van der Waals surface area contributed by atoms with Gasteiger partial charge in [-0.2, -0.15) is 0 Å². The molecule has 0 aliphatic carbocycles. The van der Waals surface area contributed by atoms with Gasteiger partial charge in [-0.15, -0.1) is 0 Å². The summed E-state index contributed by atoms with van der Waals surface area (Å²) in [6.45, 7) is 4.60. The first-order chi connectivity index (χ1) is 13.0. The minimum atomic E-state index is -0.214. The summed E-state index contributed by atoms with van der Waals surface area (Å²) in [6.07, 6.45) is 3.01. The second-order valence-electron chi connectivity index (χ2n) is 7.63. The van der Waals surface area contributed by atoms with Crippen molar-refractivity contribution in [3.8, 4) is 5.75 Å². The van der Waals surface area contributed by atoms with Gasteiger partial charge in [0, 0.05) is 19.0 Å². The van der Waals surface area contributed by atoms with E-state index >= 15 is 0 Å². The Morgan fingerprint density at radius 3 is 2.44 bits per heavy atom. The van der Waals surface area contributed by atoms with Gasteiger partial charge in [0.1, 0.15) is 5.75 Å². The van der Waals surface area contributed by atoms with E-state index in [2.05, 4.69) is 17.3 Å². The van der Waals surface area contributed by atoms with Crippen molar-refractivity contribution in [1.82, 2.24) is 15.1 Å². The Kier molecular flexibility index (Phi) is 6.37. The molecule has 0 radical (unpaired) electrons. The largest absolute Gasteiger partial charge is 0.497 e. The Bertz CT molecular complexity index is 653. The van der Waals surface area contributed by atoms with Crippen LogP contribution < -0.4 is 10.1 Å². The number of hydrogen-bond acceptors (Lipinski definition) is 4. The van der Waals surface area contributed by atoms with Crippen LogP contribution >= 0.6 is 0 Å². The third-order valence-electron chi connectivity index (χ3n) is 5.91. The van der Waals surface area contributed by atoms with E-state index in [0.717, 1.165) is 37.2 Å². The van der Waals surface area contributed by atoms with E-state index < -0.39 is 0 Å². The number of methoxy groups -OCH3 is 1. The summed E-state index contributed by atoms with van der Waals surface area (Å²) >= 11 is 0. The summed E-state index contributed by atoms with van der Waals surface area (Å²) < 4.78 is 5.25. The second kappa shape index (κ2) is 8.74. The summed E-state index contributed by atoms with van der Waals surface area (Å²) in [7, 11) is 3.75. The Labute approximate surface area is 161 Å². The van der Waals surface area contributed by atoms with Crippen LogP contribution in [0.1, 0.15) is 44.2 Å². The summed E-state index contributed by atoms with van der Waals surface area (Å²) in [6, 6.07) is 7.76. The predicted molar refractivity (Wildman–Crippen MR) is 105 cm³/mol. The molecule has 27 heavy (non-hydrogen) atoms. The lowest BCUT2D eigenvalue weighted by atomic mass is 9.83. The Morgan fingerprint density at radius 1 is 1.19 bits per heavy atom. The van der Waals surface area contributed by atoms with Gasteiger partial charge in [0.25, 0.3) is 0 Å². The van der Waals surface area contributed by atoms with E-state index in [0.29, 0.717) is 19.4 Å². The van der Waals surface area contributed by atoms with E-state index in [1.54, 1.807) is 7.11 Å². The molecule has 0 spiro atoms. The van der Waals surface area contributed by atoms with Gasteiger partial charge in [-0.05, 0) is 64.0 Å². The van der Waals surface area contributed by atoms with Crippen LogP contribution in [0.4, 0.5) is 0 Å². The molecule has 0 aromatic heterocycles. The van der Waals surface area contributed by atoms with Gasteiger partial charge < -0.3 is 19.9 Å².